The predicted octanol–water partition coefficient (Wildman–Crippen LogP) is 4.37. The minimum Gasteiger partial charge on any atom is -0.480 e. The largest absolute Gasteiger partial charge is 0.480 e. The molecule has 0 spiro atoms. The van der Waals surface area contributed by atoms with Crippen LogP contribution in [0.25, 0.3) is 0 Å². The maximum atomic E-state index is 11.0. The number of hydrogen-bond acceptors (Lipinski definition) is 3. The summed E-state index contributed by atoms with van der Waals surface area (Å²) in [5.74, 6) is 1.00. The van der Waals surface area contributed by atoms with Crippen LogP contribution in [0.3, 0.4) is 0 Å². The number of carbonyl (C=O) groups is 1. The third-order valence-electron chi connectivity index (χ3n) is 4.06. The Morgan fingerprint density at radius 1 is 1.05 bits per heavy atom. The fraction of sp³-hybridized carbons (Fsp3) is 0.938. The number of rotatable bonds is 12. The Morgan fingerprint density at radius 3 is 2.15 bits per heavy atom. The second-order valence-corrected chi connectivity index (χ2v) is 6.85. The van der Waals surface area contributed by atoms with Gasteiger partial charge in [-0.15, -0.1) is 11.8 Å². The molecule has 1 rings (SSSR count). The van der Waals surface area contributed by atoms with Gasteiger partial charge in [-0.2, -0.15) is 0 Å². The summed E-state index contributed by atoms with van der Waals surface area (Å²) in [6.07, 6.45) is 13.4. The van der Waals surface area contributed by atoms with Gasteiger partial charge in [-0.3, -0.25) is 9.69 Å². The van der Waals surface area contributed by atoms with Crippen molar-refractivity contribution in [1.29, 1.82) is 0 Å². The van der Waals surface area contributed by atoms with E-state index in [1.807, 2.05) is 0 Å². The van der Waals surface area contributed by atoms with Gasteiger partial charge in [0.25, 0.3) is 0 Å². The van der Waals surface area contributed by atoms with Crippen LogP contribution in [-0.2, 0) is 4.79 Å². The Labute approximate surface area is 128 Å². The maximum absolute atomic E-state index is 11.0. The highest BCUT2D eigenvalue weighted by Gasteiger charge is 2.30. The van der Waals surface area contributed by atoms with Crippen LogP contribution in [-0.4, -0.2) is 40.2 Å². The van der Waals surface area contributed by atoms with Crippen LogP contribution < -0.4 is 0 Å². The van der Waals surface area contributed by atoms with Crippen LogP contribution in [0, 0.1) is 0 Å². The van der Waals surface area contributed by atoms with E-state index in [1.165, 1.54) is 57.8 Å². The molecule has 20 heavy (non-hydrogen) atoms. The van der Waals surface area contributed by atoms with E-state index in [4.69, 9.17) is 5.11 Å². The van der Waals surface area contributed by atoms with E-state index in [0.29, 0.717) is 0 Å². The monoisotopic (exact) mass is 301 g/mol. The van der Waals surface area contributed by atoms with Crippen molar-refractivity contribution in [3.8, 4) is 0 Å². The Balaban J connectivity index is 1.88. The molecule has 1 fully saturated rings. The van der Waals surface area contributed by atoms with Crippen molar-refractivity contribution < 1.29 is 9.90 Å². The fourth-order valence-electron chi connectivity index (χ4n) is 2.73. The molecule has 0 radical (unpaired) electrons. The molecule has 1 N–H and O–H groups in total. The molecule has 1 heterocycles. The predicted molar refractivity (Wildman–Crippen MR) is 87.3 cm³/mol. The molecule has 0 aromatic heterocycles. The molecule has 1 aliphatic heterocycles. The van der Waals surface area contributed by atoms with Gasteiger partial charge in [-0.05, 0) is 13.0 Å². The summed E-state index contributed by atoms with van der Waals surface area (Å²) in [7, 11) is 0. The Kier molecular flexibility index (Phi) is 10.2. The molecular weight excluding hydrogens is 270 g/mol. The van der Waals surface area contributed by atoms with E-state index in [9.17, 15) is 4.79 Å². The van der Waals surface area contributed by atoms with E-state index in [2.05, 4.69) is 11.8 Å². The van der Waals surface area contributed by atoms with Crippen LogP contribution in [0.4, 0.5) is 0 Å². The van der Waals surface area contributed by atoms with Crippen molar-refractivity contribution >= 4 is 17.7 Å². The summed E-state index contributed by atoms with van der Waals surface area (Å²) in [4.78, 5) is 13.2. The standard InChI is InChI=1S/C16H31NO2S/c1-2-3-4-5-6-7-8-9-10-11-12-17-14-20-13-15(17)16(18)19/h15H,2-14H2,1H3,(H,18,19)/t15-/m0/s1. The van der Waals surface area contributed by atoms with E-state index < -0.39 is 5.97 Å². The van der Waals surface area contributed by atoms with Gasteiger partial charge in [0, 0.05) is 11.6 Å². The zero-order valence-electron chi connectivity index (χ0n) is 13.0. The number of hydrogen-bond donors (Lipinski definition) is 1. The molecule has 0 aromatic carbocycles. The lowest BCUT2D eigenvalue weighted by molar-refractivity contribution is -0.141. The van der Waals surface area contributed by atoms with Crippen LogP contribution >= 0.6 is 11.8 Å². The van der Waals surface area contributed by atoms with Gasteiger partial charge >= 0.3 is 5.97 Å². The van der Waals surface area contributed by atoms with Crippen LogP contribution in [0.2, 0.25) is 0 Å². The van der Waals surface area contributed by atoms with E-state index in [1.54, 1.807) is 11.8 Å². The summed E-state index contributed by atoms with van der Waals surface area (Å²) in [5, 5.41) is 9.09. The summed E-state index contributed by atoms with van der Waals surface area (Å²) in [6, 6.07) is -0.237. The van der Waals surface area contributed by atoms with Gasteiger partial charge in [0.1, 0.15) is 6.04 Å². The van der Waals surface area contributed by atoms with Gasteiger partial charge in [-0.25, -0.2) is 0 Å². The van der Waals surface area contributed by atoms with Gasteiger partial charge in [0.15, 0.2) is 0 Å². The molecule has 118 valence electrons. The van der Waals surface area contributed by atoms with Gasteiger partial charge in [0.05, 0.1) is 0 Å². The zero-order valence-corrected chi connectivity index (χ0v) is 13.8. The Hall–Kier alpha value is -0.220. The summed E-state index contributed by atoms with van der Waals surface area (Å²) < 4.78 is 0. The first-order chi connectivity index (χ1) is 9.75. The fourth-order valence-corrected chi connectivity index (χ4v) is 3.95. The summed E-state index contributed by atoms with van der Waals surface area (Å²) in [6.45, 7) is 3.22. The minimum absolute atomic E-state index is 0.237. The van der Waals surface area contributed by atoms with Gasteiger partial charge in [-0.1, -0.05) is 64.7 Å². The van der Waals surface area contributed by atoms with Crippen molar-refractivity contribution in [3.05, 3.63) is 0 Å². The number of thioether (sulfide) groups is 1. The molecule has 1 aliphatic rings. The second-order valence-electron chi connectivity index (χ2n) is 5.85. The molecule has 1 saturated heterocycles. The first-order valence-electron chi connectivity index (χ1n) is 8.30. The first kappa shape index (κ1) is 17.8. The molecule has 0 unspecified atom stereocenters. The molecule has 4 heteroatoms. The molecule has 0 amide bonds. The summed E-state index contributed by atoms with van der Waals surface area (Å²) in [5.41, 5.74) is 0. The molecule has 0 aliphatic carbocycles. The number of carboxylic acids is 1. The topological polar surface area (TPSA) is 40.5 Å². The SMILES string of the molecule is CCCCCCCCCCCCN1CSC[C@H]1C(=O)O. The zero-order chi connectivity index (χ0) is 14.6. The lowest BCUT2D eigenvalue weighted by Crippen LogP contribution is -2.38. The Bertz CT molecular complexity index is 261. The normalized spacial score (nSPS) is 19.6. The van der Waals surface area contributed by atoms with Crippen molar-refractivity contribution in [1.82, 2.24) is 4.90 Å². The first-order valence-corrected chi connectivity index (χ1v) is 9.45. The van der Waals surface area contributed by atoms with Crippen molar-refractivity contribution in [2.45, 2.75) is 77.2 Å². The number of aliphatic carboxylic acids is 1. The molecule has 0 bridgehead atoms. The third kappa shape index (κ3) is 7.53. The van der Waals surface area contributed by atoms with Crippen molar-refractivity contribution in [2.24, 2.45) is 0 Å². The minimum atomic E-state index is -0.651. The lowest BCUT2D eigenvalue weighted by atomic mass is 10.1. The van der Waals surface area contributed by atoms with E-state index in [-0.39, 0.29) is 6.04 Å². The number of unbranched alkanes of at least 4 members (excludes halogenated alkanes) is 9. The Morgan fingerprint density at radius 2 is 1.60 bits per heavy atom. The highest BCUT2D eigenvalue weighted by molar-refractivity contribution is 7.99. The van der Waals surface area contributed by atoms with Crippen molar-refractivity contribution in [3.63, 3.8) is 0 Å². The third-order valence-corrected chi connectivity index (χ3v) is 5.12. The van der Waals surface area contributed by atoms with Crippen molar-refractivity contribution in [2.75, 3.05) is 18.2 Å². The number of nitrogens with zero attached hydrogens (tertiary/aromatic N) is 1. The highest BCUT2D eigenvalue weighted by Crippen LogP contribution is 2.21. The molecule has 3 nitrogen and oxygen atoms in total. The average Bonchev–Trinajstić information content (AvgIpc) is 2.89. The van der Waals surface area contributed by atoms with Crippen LogP contribution in [0.1, 0.15) is 71.1 Å². The second kappa shape index (κ2) is 11.4. The van der Waals surface area contributed by atoms with Gasteiger partial charge < -0.3 is 5.11 Å². The van der Waals surface area contributed by atoms with Crippen LogP contribution in [0.15, 0.2) is 0 Å². The molecule has 0 saturated carbocycles. The average molecular weight is 301 g/mol. The van der Waals surface area contributed by atoms with E-state index >= 15 is 0 Å². The summed E-state index contributed by atoms with van der Waals surface area (Å²) >= 11 is 1.75. The van der Waals surface area contributed by atoms with E-state index in [0.717, 1.165) is 24.6 Å². The molecule has 1 atom stereocenters. The lowest BCUT2D eigenvalue weighted by Gasteiger charge is -2.19. The number of carboxylic acid groups (broad SMARTS) is 1. The quantitative estimate of drug-likeness (QED) is 0.544. The molecule has 0 aromatic rings. The maximum Gasteiger partial charge on any atom is 0.321 e. The van der Waals surface area contributed by atoms with Gasteiger partial charge in [0.2, 0.25) is 0 Å². The smallest absolute Gasteiger partial charge is 0.321 e. The highest BCUT2D eigenvalue weighted by atomic mass is 32.2. The molecular formula is C16H31NO2S. The van der Waals surface area contributed by atoms with Crippen LogP contribution in [0.5, 0.6) is 0 Å².